The van der Waals surface area contributed by atoms with Crippen LogP contribution in [-0.4, -0.2) is 39.7 Å². The molecule has 2 aromatic rings. The van der Waals surface area contributed by atoms with E-state index in [1.165, 1.54) is 18.4 Å². The average Bonchev–Trinajstić information content (AvgIpc) is 2.65. The van der Waals surface area contributed by atoms with Gasteiger partial charge < -0.3 is 15.6 Å². The molecule has 6 nitrogen and oxygen atoms in total. The van der Waals surface area contributed by atoms with Gasteiger partial charge in [-0.3, -0.25) is 9.88 Å². The average molecular weight is 356 g/mol. The largest absolute Gasteiger partial charge is 0.494 e. The molecule has 1 aromatic heterocycles. The first kappa shape index (κ1) is 18.6. The zero-order valence-corrected chi connectivity index (χ0v) is 15.4. The van der Waals surface area contributed by atoms with Crippen LogP contribution in [0.2, 0.25) is 0 Å². The molecular weight excluding hydrogens is 328 g/mol. The van der Waals surface area contributed by atoms with E-state index in [0.29, 0.717) is 18.3 Å². The lowest BCUT2D eigenvalue weighted by molar-refractivity contribution is 0.166. The van der Waals surface area contributed by atoms with E-state index in [-0.39, 0.29) is 6.61 Å². The van der Waals surface area contributed by atoms with Gasteiger partial charge in [0.25, 0.3) is 0 Å². The Morgan fingerprint density at radius 2 is 2.15 bits per heavy atom. The lowest BCUT2D eigenvalue weighted by Crippen LogP contribution is -2.36. The van der Waals surface area contributed by atoms with Crippen LogP contribution in [0.25, 0.3) is 0 Å². The molecule has 1 saturated heterocycles. The van der Waals surface area contributed by atoms with Crippen molar-refractivity contribution < 1.29 is 9.84 Å². The second-order valence-electron chi connectivity index (χ2n) is 6.87. The quantitative estimate of drug-likeness (QED) is 0.792. The number of rotatable bonds is 7. The van der Waals surface area contributed by atoms with Crippen LogP contribution in [-0.2, 0) is 19.6 Å². The van der Waals surface area contributed by atoms with E-state index < -0.39 is 0 Å². The molecule has 1 atom stereocenters. The predicted octanol–water partition coefficient (Wildman–Crippen LogP) is 2.40. The van der Waals surface area contributed by atoms with Gasteiger partial charge in [-0.1, -0.05) is 6.07 Å². The van der Waals surface area contributed by atoms with Gasteiger partial charge in [-0.2, -0.15) is 0 Å². The van der Waals surface area contributed by atoms with Gasteiger partial charge in [0.15, 0.2) is 0 Å². The van der Waals surface area contributed by atoms with Gasteiger partial charge in [-0.25, -0.2) is 4.98 Å². The van der Waals surface area contributed by atoms with Crippen molar-refractivity contribution in [3.8, 4) is 5.75 Å². The first-order valence-electron chi connectivity index (χ1n) is 9.32. The normalized spacial score (nSPS) is 18.0. The van der Waals surface area contributed by atoms with Crippen molar-refractivity contribution in [3.63, 3.8) is 0 Å². The third-order valence-electron chi connectivity index (χ3n) is 4.89. The molecule has 26 heavy (non-hydrogen) atoms. The van der Waals surface area contributed by atoms with Crippen LogP contribution in [0, 0.1) is 5.92 Å². The van der Waals surface area contributed by atoms with Crippen molar-refractivity contribution in [1.82, 2.24) is 14.9 Å². The molecule has 1 aliphatic heterocycles. The highest BCUT2D eigenvalue weighted by Gasteiger charge is 2.22. The Balaban J connectivity index is 1.62. The third kappa shape index (κ3) is 4.71. The predicted molar refractivity (Wildman–Crippen MR) is 102 cm³/mol. The zero-order valence-electron chi connectivity index (χ0n) is 15.4. The number of aliphatic hydroxyl groups excluding tert-OH is 1. The first-order valence-corrected chi connectivity index (χ1v) is 9.32. The fourth-order valence-electron chi connectivity index (χ4n) is 3.68. The molecule has 3 rings (SSSR count). The van der Waals surface area contributed by atoms with Gasteiger partial charge in [-0.05, 0) is 56.3 Å². The van der Waals surface area contributed by atoms with E-state index in [0.717, 1.165) is 43.1 Å². The Hall–Kier alpha value is -2.18. The number of nitrogen functional groups attached to an aromatic ring is 1. The van der Waals surface area contributed by atoms with E-state index in [1.807, 2.05) is 13.0 Å². The number of aromatic nitrogens is 2. The maximum atomic E-state index is 9.59. The fraction of sp³-hybridized carbons (Fsp3) is 0.500. The van der Waals surface area contributed by atoms with Gasteiger partial charge in [0.1, 0.15) is 11.6 Å². The van der Waals surface area contributed by atoms with Crippen LogP contribution in [0.15, 0.2) is 30.6 Å². The second-order valence-corrected chi connectivity index (χ2v) is 6.87. The van der Waals surface area contributed by atoms with Crippen molar-refractivity contribution in [2.45, 2.75) is 39.3 Å². The van der Waals surface area contributed by atoms with Crippen LogP contribution in [0.4, 0.5) is 5.82 Å². The van der Waals surface area contributed by atoms with Gasteiger partial charge >= 0.3 is 0 Å². The summed E-state index contributed by atoms with van der Waals surface area (Å²) in [5.41, 5.74) is 8.91. The Labute approximate surface area is 155 Å². The molecule has 1 fully saturated rings. The molecular formula is C20H28N4O2. The van der Waals surface area contributed by atoms with Crippen LogP contribution < -0.4 is 10.5 Å². The Morgan fingerprint density at radius 1 is 1.31 bits per heavy atom. The number of hydrogen-bond acceptors (Lipinski definition) is 6. The van der Waals surface area contributed by atoms with Gasteiger partial charge in [0, 0.05) is 31.0 Å². The first-order chi connectivity index (χ1) is 12.7. The molecule has 0 spiro atoms. The maximum absolute atomic E-state index is 9.59. The number of piperidine rings is 1. The molecule has 6 heteroatoms. The number of likely N-dealkylation sites (tertiary alicyclic amines) is 1. The van der Waals surface area contributed by atoms with E-state index in [4.69, 9.17) is 10.5 Å². The lowest BCUT2D eigenvalue weighted by Gasteiger charge is -2.33. The SMILES string of the molecule is CCOc1ccc(CN2CCC[C@H](Cc3nccnc3N)C2)cc1CO. The van der Waals surface area contributed by atoms with Crippen molar-refractivity contribution in [2.75, 3.05) is 25.4 Å². The topological polar surface area (TPSA) is 84.5 Å². The highest BCUT2D eigenvalue weighted by Crippen LogP contribution is 2.25. The lowest BCUT2D eigenvalue weighted by atomic mass is 9.93. The van der Waals surface area contributed by atoms with Gasteiger partial charge in [0.05, 0.1) is 18.9 Å². The number of benzene rings is 1. The zero-order chi connectivity index (χ0) is 18.4. The fourth-order valence-corrected chi connectivity index (χ4v) is 3.68. The van der Waals surface area contributed by atoms with E-state index in [9.17, 15) is 5.11 Å². The van der Waals surface area contributed by atoms with Crippen molar-refractivity contribution >= 4 is 5.82 Å². The van der Waals surface area contributed by atoms with Crippen LogP contribution in [0.1, 0.15) is 36.6 Å². The number of aliphatic hydroxyl groups is 1. The molecule has 140 valence electrons. The highest BCUT2D eigenvalue weighted by molar-refractivity contribution is 5.37. The van der Waals surface area contributed by atoms with E-state index >= 15 is 0 Å². The van der Waals surface area contributed by atoms with E-state index in [2.05, 4.69) is 27.0 Å². The Kier molecular flexibility index (Phi) is 6.41. The maximum Gasteiger partial charge on any atom is 0.145 e. The van der Waals surface area contributed by atoms with Gasteiger partial charge in [0.2, 0.25) is 0 Å². The summed E-state index contributed by atoms with van der Waals surface area (Å²) < 4.78 is 5.57. The second kappa shape index (κ2) is 8.96. The van der Waals surface area contributed by atoms with Crippen molar-refractivity contribution in [1.29, 1.82) is 0 Å². The van der Waals surface area contributed by atoms with Crippen molar-refractivity contribution in [2.24, 2.45) is 5.92 Å². The molecule has 0 amide bonds. The number of anilines is 1. The summed E-state index contributed by atoms with van der Waals surface area (Å²) in [6, 6.07) is 6.11. The Morgan fingerprint density at radius 3 is 2.92 bits per heavy atom. The van der Waals surface area contributed by atoms with Crippen LogP contribution >= 0.6 is 0 Å². The summed E-state index contributed by atoms with van der Waals surface area (Å²) in [5, 5.41) is 9.59. The van der Waals surface area contributed by atoms with Crippen LogP contribution in [0.5, 0.6) is 5.75 Å². The summed E-state index contributed by atoms with van der Waals surface area (Å²) in [5.74, 6) is 1.86. The molecule has 3 N–H and O–H groups in total. The highest BCUT2D eigenvalue weighted by atomic mass is 16.5. The number of nitrogens with zero attached hydrogens (tertiary/aromatic N) is 3. The Bertz CT molecular complexity index is 723. The standard InChI is InChI=1S/C20H28N4O2/c1-2-26-19-6-5-16(10-17(19)14-25)13-24-9-3-4-15(12-24)11-18-20(21)23-8-7-22-18/h5-8,10,15,25H,2-4,9,11-14H2,1H3,(H2,21,23)/t15-/m1/s1. The monoisotopic (exact) mass is 356 g/mol. The molecule has 0 saturated carbocycles. The number of hydrogen-bond donors (Lipinski definition) is 2. The molecule has 1 aromatic carbocycles. The molecule has 0 aliphatic carbocycles. The minimum absolute atomic E-state index is 0.00223. The smallest absolute Gasteiger partial charge is 0.145 e. The van der Waals surface area contributed by atoms with Crippen LogP contribution in [0.3, 0.4) is 0 Å². The molecule has 0 unspecified atom stereocenters. The minimum atomic E-state index is -0.00223. The summed E-state index contributed by atoms with van der Waals surface area (Å²) >= 11 is 0. The summed E-state index contributed by atoms with van der Waals surface area (Å²) in [7, 11) is 0. The minimum Gasteiger partial charge on any atom is -0.494 e. The number of ether oxygens (including phenoxy) is 1. The summed E-state index contributed by atoms with van der Waals surface area (Å²) in [4.78, 5) is 11.0. The summed E-state index contributed by atoms with van der Waals surface area (Å²) in [6.45, 7) is 5.55. The number of nitrogens with two attached hydrogens (primary N) is 1. The summed E-state index contributed by atoms with van der Waals surface area (Å²) in [6.07, 6.45) is 6.59. The van der Waals surface area contributed by atoms with E-state index in [1.54, 1.807) is 12.4 Å². The van der Waals surface area contributed by atoms with Gasteiger partial charge in [-0.15, -0.1) is 0 Å². The molecule has 2 heterocycles. The molecule has 0 bridgehead atoms. The van der Waals surface area contributed by atoms with Crippen molar-refractivity contribution in [3.05, 3.63) is 47.4 Å². The molecule has 0 radical (unpaired) electrons. The third-order valence-corrected chi connectivity index (χ3v) is 4.89. The molecule has 1 aliphatic rings.